The highest BCUT2D eigenvalue weighted by molar-refractivity contribution is 5.95. The molecule has 10 nitrogen and oxygen atoms in total. The number of nitrogens with zero attached hydrogens (tertiary/aromatic N) is 6. The standard InChI is InChI=1S/C32H35FN6O4/c1-20(43-25-8-9-25)19-42-32-35-28-18-37(29-15-24(40)14-22-6-4-5-7-26(22)29)11-10-27(28)30(36-32)38-12-13-39(31(41)21(2)33)23(17-38)16-34-3/h4-7,14-15,20,23,25,40H,2,8-13,16-19H2,1H3/t20-,23+/m1/s1. The molecule has 0 bridgehead atoms. The summed E-state index contributed by atoms with van der Waals surface area (Å²) in [5.41, 5.74) is 2.71. The Balaban J connectivity index is 1.32. The van der Waals surface area contributed by atoms with E-state index in [4.69, 9.17) is 26.0 Å². The van der Waals surface area contributed by atoms with Gasteiger partial charge in [0.2, 0.25) is 6.54 Å². The van der Waals surface area contributed by atoms with Gasteiger partial charge in [0.05, 0.1) is 24.4 Å². The van der Waals surface area contributed by atoms with Crippen LogP contribution in [0.3, 0.4) is 0 Å². The third kappa shape index (κ3) is 6.20. The van der Waals surface area contributed by atoms with E-state index in [0.717, 1.165) is 40.6 Å². The van der Waals surface area contributed by atoms with Crippen LogP contribution in [0.4, 0.5) is 15.9 Å². The summed E-state index contributed by atoms with van der Waals surface area (Å²) in [5, 5.41) is 12.5. The van der Waals surface area contributed by atoms with Gasteiger partial charge in [0.15, 0.2) is 5.83 Å². The lowest BCUT2D eigenvalue weighted by molar-refractivity contribution is -0.131. The molecular formula is C32H35FN6O4. The second kappa shape index (κ2) is 12.1. The Bertz CT molecular complexity index is 1590. The number of phenolic OH excluding ortho intramolecular Hbond substituents is 1. The first-order valence-electron chi connectivity index (χ1n) is 14.7. The second-order valence-electron chi connectivity index (χ2n) is 11.4. The Morgan fingerprint density at radius 3 is 2.79 bits per heavy atom. The Hall–Kier alpha value is -4.43. The second-order valence-corrected chi connectivity index (χ2v) is 11.4. The number of halogens is 1. The van der Waals surface area contributed by atoms with Crippen LogP contribution in [0.2, 0.25) is 0 Å². The van der Waals surface area contributed by atoms with Crippen LogP contribution >= 0.6 is 0 Å². The minimum absolute atomic E-state index is 0.0422. The third-order valence-electron chi connectivity index (χ3n) is 8.16. The van der Waals surface area contributed by atoms with Gasteiger partial charge >= 0.3 is 6.01 Å². The number of aromatic hydroxyl groups is 1. The van der Waals surface area contributed by atoms with E-state index < -0.39 is 17.8 Å². The largest absolute Gasteiger partial charge is 0.508 e. The molecule has 224 valence electrons. The molecule has 6 rings (SSSR count). The van der Waals surface area contributed by atoms with E-state index in [1.54, 1.807) is 12.1 Å². The van der Waals surface area contributed by atoms with Gasteiger partial charge in [-0.3, -0.25) is 4.79 Å². The molecule has 0 radical (unpaired) electrons. The van der Waals surface area contributed by atoms with Gasteiger partial charge in [-0.1, -0.05) is 30.8 Å². The fourth-order valence-corrected chi connectivity index (χ4v) is 5.95. The molecular weight excluding hydrogens is 551 g/mol. The number of aromatic nitrogens is 2. The molecule has 2 aliphatic heterocycles. The number of amides is 1. The fraction of sp³-hybridized carbons (Fsp3) is 0.438. The van der Waals surface area contributed by atoms with Crippen LogP contribution in [0.1, 0.15) is 31.0 Å². The highest BCUT2D eigenvalue weighted by atomic mass is 19.1. The molecule has 3 aliphatic rings. The minimum Gasteiger partial charge on any atom is -0.508 e. The Labute approximate surface area is 250 Å². The maximum atomic E-state index is 13.8. The molecule has 0 spiro atoms. The summed E-state index contributed by atoms with van der Waals surface area (Å²) in [6, 6.07) is 11.2. The number of phenols is 1. The summed E-state index contributed by atoms with van der Waals surface area (Å²) < 4.78 is 25.8. The lowest BCUT2D eigenvalue weighted by atomic mass is 10.0. The van der Waals surface area contributed by atoms with Gasteiger partial charge in [0.25, 0.3) is 5.91 Å². The van der Waals surface area contributed by atoms with Crippen molar-refractivity contribution in [3.8, 4) is 11.8 Å². The summed E-state index contributed by atoms with van der Waals surface area (Å²) in [7, 11) is 0. The van der Waals surface area contributed by atoms with Crippen molar-refractivity contribution in [2.75, 3.05) is 49.1 Å². The maximum absolute atomic E-state index is 13.8. The number of anilines is 2. The molecule has 43 heavy (non-hydrogen) atoms. The monoisotopic (exact) mass is 586 g/mol. The van der Waals surface area contributed by atoms with Crippen LogP contribution in [0.5, 0.6) is 11.8 Å². The first kappa shape index (κ1) is 28.7. The molecule has 1 saturated heterocycles. The number of carbonyl (C=O) groups is 1. The van der Waals surface area contributed by atoms with Crippen molar-refractivity contribution < 1.29 is 23.8 Å². The van der Waals surface area contributed by atoms with E-state index in [1.807, 2.05) is 31.2 Å². The lowest BCUT2D eigenvalue weighted by Gasteiger charge is -2.41. The van der Waals surface area contributed by atoms with E-state index in [9.17, 15) is 14.3 Å². The highest BCUT2D eigenvalue weighted by Crippen LogP contribution is 2.37. The van der Waals surface area contributed by atoms with Crippen LogP contribution in [-0.2, 0) is 22.5 Å². The van der Waals surface area contributed by atoms with Crippen LogP contribution in [-0.4, -0.2) is 83.5 Å². The number of piperazine rings is 1. The van der Waals surface area contributed by atoms with Gasteiger partial charge in [-0.15, -0.1) is 0 Å². The predicted octanol–water partition coefficient (Wildman–Crippen LogP) is 4.26. The van der Waals surface area contributed by atoms with Gasteiger partial charge in [0, 0.05) is 48.9 Å². The quantitative estimate of drug-likeness (QED) is 0.294. The number of benzene rings is 2. The fourth-order valence-electron chi connectivity index (χ4n) is 5.95. The van der Waals surface area contributed by atoms with Gasteiger partial charge in [-0.2, -0.15) is 9.97 Å². The molecule has 1 N–H and O–H groups in total. The van der Waals surface area contributed by atoms with E-state index >= 15 is 0 Å². The molecule has 2 fully saturated rings. The molecule has 0 unspecified atom stereocenters. The van der Waals surface area contributed by atoms with Crippen LogP contribution in [0, 0.1) is 6.57 Å². The summed E-state index contributed by atoms with van der Waals surface area (Å²) >= 11 is 0. The van der Waals surface area contributed by atoms with Crippen molar-refractivity contribution in [1.82, 2.24) is 14.9 Å². The average molecular weight is 587 g/mol. The molecule has 2 aromatic carbocycles. The highest BCUT2D eigenvalue weighted by Gasteiger charge is 2.36. The van der Waals surface area contributed by atoms with Crippen molar-refractivity contribution in [2.24, 2.45) is 0 Å². The van der Waals surface area contributed by atoms with E-state index in [1.165, 1.54) is 4.90 Å². The molecule has 1 aromatic heterocycles. The summed E-state index contributed by atoms with van der Waals surface area (Å²) in [4.78, 5) is 31.3. The van der Waals surface area contributed by atoms with E-state index in [0.29, 0.717) is 51.1 Å². The zero-order valence-electron chi connectivity index (χ0n) is 24.2. The molecule has 3 aromatic rings. The average Bonchev–Trinajstić information content (AvgIpc) is 3.82. The van der Waals surface area contributed by atoms with Crippen LogP contribution < -0.4 is 14.5 Å². The zero-order valence-corrected chi connectivity index (χ0v) is 24.2. The van der Waals surface area contributed by atoms with Gasteiger partial charge in [0.1, 0.15) is 24.2 Å². The van der Waals surface area contributed by atoms with E-state index in [2.05, 4.69) is 21.2 Å². The summed E-state index contributed by atoms with van der Waals surface area (Å²) in [5.74, 6) is -0.899. The predicted molar refractivity (Wildman–Crippen MR) is 161 cm³/mol. The van der Waals surface area contributed by atoms with Crippen LogP contribution in [0.25, 0.3) is 15.6 Å². The normalized spacial score (nSPS) is 19.1. The van der Waals surface area contributed by atoms with E-state index in [-0.39, 0.29) is 31.0 Å². The number of hydrogen-bond acceptors (Lipinski definition) is 8. The summed E-state index contributed by atoms with van der Waals surface area (Å²) in [6.07, 6.45) is 2.96. The number of ether oxygens (including phenoxy) is 2. The van der Waals surface area contributed by atoms with Crippen LogP contribution in [0.15, 0.2) is 48.8 Å². The maximum Gasteiger partial charge on any atom is 0.318 e. The molecule has 3 heterocycles. The lowest BCUT2D eigenvalue weighted by Crippen LogP contribution is -2.57. The number of fused-ring (bicyclic) bond motifs is 2. The molecule has 1 amide bonds. The molecule has 2 atom stereocenters. The number of rotatable bonds is 9. The minimum atomic E-state index is -1.03. The zero-order chi connectivity index (χ0) is 30.1. The number of carbonyl (C=O) groups excluding carboxylic acids is 1. The smallest absolute Gasteiger partial charge is 0.318 e. The first-order chi connectivity index (χ1) is 20.8. The number of hydrogen-bond donors (Lipinski definition) is 1. The van der Waals surface area contributed by atoms with Crippen molar-refractivity contribution in [1.29, 1.82) is 0 Å². The third-order valence-corrected chi connectivity index (χ3v) is 8.16. The Morgan fingerprint density at radius 1 is 1.21 bits per heavy atom. The van der Waals surface area contributed by atoms with Gasteiger partial charge in [-0.05, 0) is 37.6 Å². The summed E-state index contributed by atoms with van der Waals surface area (Å²) in [6.45, 7) is 15.0. The van der Waals surface area contributed by atoms with Crippen molar-refractivity contribution in [3.05, 3.63) is 71.5 Å². The van der Waals surface area contributed by atoms with Crippen molar-refractivity contribution in [2.45, 2.75) is 51.0 Å². The van der Waals surface area contributed by atoms with Gasteiger partial charge < -0.3 is 34.1 Å². The Morgan fingerprint density at radius 2 is 2.02 bits per heavy atom. The molecule has 1 aliphatic carbocycles. The molecule has 1 saturated carbocycles. The molecule has 11 heteroatoms. The Kier molecular flexibility index (Phi) is 8.04. The van der Waals surface area contributed by atoms with Crippen molar-refractivity contribution in [3.63, 3.8) is 0 Å². The van der Waals surface area contributed by atoms with Gasteiger partial charge in [-0.25, -0.2) is 11.0 Å². The SMILES string of the molecule is [C-]#[N+]C[C@H]1CN(c2nc(OC[C@@H](C)OC3CC3)nc3c2CCN(c2cc(O)cc4ccccc24)C3)CCN1C(=O)C(=C)F. The topological polar surface area (TPSA) is 95.6 Å². The van der Waals surface area contributed by atoms with Crippen molar-refractivity contribution >= 4 is 28.2 Å². The first-order valence-corrected chi connectivity index (χ1v) is 14.7.